The smallest absolute Gasteiger partial charge is 0.347 e. The maximum absolute atomic E-state index is 12.8. The van der Waals surface area contributed by atoms with E-state index in [4.69, 9.17) is 0 Å². The zero-order valence-corrected chi connectivity index (χ0v) is 11.6. The molecule has 0 atom stereocenters. The highest BCUT2D eigenvalue weighted by molar-refractivity contribution is 7.89. The molecule has 1 saturated carbocycles. The monoisotopic (exact) mass is 310 g/mol. The number of aromatic nitrogens is 1. The highest BCUT2D eigenvalue weighted by Gasteiger charge is 2.65. The zero-order chi connectivity index (χ0) is 15.3. The molecule has 1 N–H and O–H groups in total. The summed E-state index contributed by atoms with van der Waals surface area (Å²) in [4.78, 5) is 10.9. The molecule has 112 valence electrons. The van der Waals surface area contributed by atoms with Gasteiger partial charge in [-0.15, -0.1) is 0 Å². The second-order valence-corrected chi connectivity index (χ2v) is 6.60. The summed E-state index contributed by atoms with van der Waals surface area (Å²) in [5.74, 6) is -0.370. The number of aryl methyl sites for hydroxylation is 1. The van der Waals surface area contributed by atoms with Gasteiger partial charge in [0.05, 0.1) is 5.69 Å². The first-order valence-electron chi connectivity index (χ1n) is 5.76. The molecule has 20 heavy (non-hydrogen) atoms. The first kappa shape index (κ1) is 15.0. The maximum atomic E-state index is 12.8. The Labute approximate surface area is 113 Å². The lowest BCUT2D eigenvalue weighted by Gasteiger charge is -2.20. The molecule has 2 rings (SSSR count). The molecule has 1 aliphatic rings. The van der Waals surface area contributed by atoms with Gasteiger partial charge in [-0.05, 0) is 18.9 Å². The van der Waals surface area contributed by atoms with Crippen LogP contribution in [0.3, 0.4) is 0 Å². The average molecular weight is 310 g/mol. The maximum Gasteiger partial charge on any atom is 0.407 e. The number of hydrogen-bond acceptors (Lipinski definition) is 3. The van der Waals surface area contributed by atoms with Crippen LogP contribution in [0.4, 0.5) is 13.2 Å². The van der Waals surface area contributed by atoms with Gasteiger partial charge in [-0.3, -0.25) is 4.79 Å². The van der Waals surface area contributed by atoms with Crippen molar-refractivity contribution in [3.05, 3.63) is 18.0 Å². The fourth-order valence-electron chi connectivity index (χ4n) is 1.92. The summed E-state index contributed by atoms with van der Waals surface area (Å²) in [5.41, 5.74) is -2.25. The van der Waals surface area contributed by atoms with Gasteiger partial charge < -0.3 is 4.57 Å². The van der Waals surface area contributed by atoms with Gasteiger partial charge in [-0.1, -0.05) is 0 Å². The highest BCUT2D eigenvalue weighted by atomic mass is 32.2. The van der Waals surface area contributed by atoms with E-state index >= 15 is 0 Å². The average Bonchev–Trinajstić information content (AvgIpc) is 2.91. The minimum absolute atomic E-state index is 0.113. The minimum atomic E-state index is -4.63. The third-order valence-corrected chi connectivity index (χ3v) is 4.78. The quantitative estimate of drug-likeness (QED) is 0.859. The number of nitrogens with zero attached hydrogens (tertiary/aromatic N) is 1. The lowest BCUT2D eigenvalue weighted by atomic mass is 10.3. The minimum Gasteiger partial charge on any atom is -0.347 e. The predicted octanol–water partition coefficient (Wildman–Crippen LogP) is 1.60. The molecule has 0 amide bonds. The molecule has 1 aromatic rings. The third kappa shape index (κ3) is 2.47. The molecule has 0 spiro atoms. The first-order valence-corrected chi connectivity index (χ1v) is 7.25. The Morgan fingerprint density at radius 2 is 1.95 bits per heavy atom. The molecule has 1 aliphatic carbocycles. The standard InChI is InChI=1S/C11H13F3N2O3S/c1-7(17)9-5-8(6-16(9)2)20(18,19)15-10(3-4-10)11(12,13)14/h5-6,15H,3-4H2,1-2H3. The van der Waals surface area contributed by atoms with Crippen molar-refractivity contribution in [2.24, 2.45) is 7.05 Å². The summed E-state index contributed by atoms with van der Waals surface area (Å²) in [6.45, 7) is 1.25. The number of carbonyl (C=O) groups excluding carboxylic acids is 1. The van der Waals surface area contributed by atoms with Crippen LogP contribution >= 0.6 is 0 Å². The van der Waals surface area contributed by atoms with Crippen LogP contribution in [0.15, 0.2) is 17.2 Å². The van der Waals surface area contributed by atoms with Gasteiger partial charge >= 0.3 is 6.18 Å². The molecule has 0 bridgehead atoms. The van der Waals surface area contributed by atoms with E-state index in [-0.39, 0.29) is 29.2 Å². The molecule has 1 fully saturated rings. The molecule has 9 heteroatoms. The Kier molecular flexibility index (Phi) is 3.25. The van der Waals surface area contributed by atoms with Gasteiger partial charge in [0.1, 0.15) is 10.4 Å². The summed E-state index contributed by atoms with van der Waals surface area (Å²) < 4.78 is 65.2. The van der Waals surface area contributed by atoms with Gasteiger partial charge in [-0.25, -0.2) is 8.42 Å². The number of alkyl halides is 3. The number of Topliss-reactive ketones (excluding diaryl/α,β-unsaturated/α-hetero) is 1. The van der Waals surface area contributed by atoms with Crippen molar-refractivity contribution in [1.29, 1.82) is 0 Å². The Hall–Kier alpha value is -1.35. The lowest BCUT2D eigenvalue weighted by molar-refractivity contribution is -0.160. The fourth-order valence-corrected chi connectivity index (χ4v) is 3.43. The summed E-state index contributed by atoms with van der Waals surface area (Å²) in [7, 11) is -2.87. The SMILES string of the molecule is CC(=O)c1cc(S(=O)(=O)NC2(C(F)(F)F)CC2)cn1C. The van der Waals surface area contributed by atoms with Crippen molar-refractivity contribution in [1.82, 2.24) is 9.29 Å². The van der Waals surface area contributed by atoms with Crippen molar-refractivity contribution in [2.75, 3.05) is 0 Å². The summed E-state index contributed by atoms with van der Waals surface area (Å²) in [6.07, 6.45) is -4.06. The van der Waals surface area contributed by atoms with Crippen LogP contribution in [-0.4, -0.2) is 30.5 Å². The number of rotatable bonds is 4. The van der Waals surface area contributed by atoms with Crippen LogP contribution in [-0.2, 0) is 17.1 Å². The first-order chi connectivity index (χ1) is 8.98. The number of halogens is 3. The van der Waals surface area contributed by atoms with Crippen molar-refractivity contribution >= 4 is 15.8 Å². The molecule has 1 aromatic heterocycles. The van der Waals surface area contributed by atoms with E-state index in [9.17, 15) is 26.4 Å². The topological polar surface area (TPSA) is 68.2 Å². The van der Waals surface area contributed by atoms with E-state index in [2.05, 4.69) is 0 Å². The number of sulfonamides is 1. The molecule has 0 aliphatic heterocycles. The zero-order valence-electron chi connectivity index (χ0n) is 10.8. The molecule has 0 saturated heterocycles. The lowest BCUT2D eigenvalue weighted by Crippen LogP contribution is -2.47. The Bertz CT molecular complexity index is 657. The summed E-state index contributed by atoms with van der Waals surface area (Å²) >= 11 is 0. The van der Waals surface area contributed by atoms with Crippen LogP contribution in [0.5, 0.6) is 0 Å². The number of hydrogen-bond donors (Lipinski definition) is 1. The van der Waals surface area contributed by atoms with Crippen molar-refractivity contribution in [3.63, 3.8) is 0 Å². The van der Waals surface area contributed by atoms with Crippen LogP contribution in [0.1, 0.15) is 30.3 Å². The number of carbonyl (C=O) groups is 1. The van der Waals surface area contributed by atoms with Gasteiger partial charge in [0, 0.05) is 20.2 Å². The van der Waals surface area contributed by atoms with Crippen LogP contribution in [0.2, 0.25) is 0 Å². The normalized spacial score (nSPS) is 18.1. The van der Waals surface area contributed by atoms with Crippen LogP contribution < -0.4 is 4.72 Å². The molecule has 0 unspecified atom stereocenters. The van der Waals surface area contributed by atoms with E-state index in [0.29, 0.717) is 0 Å². The molecule has 0 radical (unpaired) electrons. The van der Waals surface area contributed by atoms with E-state index in [1.165, 1.54) is 18.5 Å². The van der Waals surface area contributed by atoms with E-state index in [0.717, 1.165) is 12.3 Å². The van der Waals surface area contributed by atoms with Crippen LogP contribution in [0, 0.1) is 0 Å². The van der Waals surface area contributed by atoms with E-state index in [1.807, 2.05) is 0 Å². The van der Waals surface area contributed by atoms with Gasteiger partial charge in [0.15, 0.2) is 5.78 Å². The third-order valence-electron chi connectivity index (χ3n) is 3.27. The van der Waals surface area contributed by atoms with E-state index in [1.54, 1.807) is 4.72 Å². The molecule has 1 heterocycles. The van der Waals surface area contributed by atoms with Crippen molar-refractivity contribution in [3.8, 4) is 0 Å². The number of nitrogens with one attached hydrogen (secondary N) is 1. The Balaban J connectivity index is 2.33. The molecule has 0 aromatic carbocycles. The van der Waals surface area contributed by atoms with Gasteiger partial charge in [-0.2, -0.15) is 17.9 Å². The Morgan fingerprint density at radius 3 is 2.30 bits per heavy atom. The molecular formula is C11H13F3N2O3S. The second kappa shape index (κ2) is 4.32. The summed E-state index contributed by atoms with van der Waals surface area (Å²) in [6, 6.07) is 1.07. The molecular weight excluding hydrogens is 297 g/mol. The van der Waals surface area contributed by atoms with Crippen molar-refractivity contribution in [2.45, 2.75) is 36.4 Å². The van der Waals surface area contributed by atoms with Gasteiger partial charge in [0.25, 0.3) is 0 Å². The summed E-state index contributed by atoms with van der Waals surface area (Å²) in [5, 5.41) is 0. The second-order valence-electron chi connectivity index (χ2n) is 4.91. The van der Waals surface area contributed by atoms with Crippen LogP contribution in [0.25, 0.3) is 0 Å². The largest absolute Gasteiger partial charge is 0.407 e. The number of ketones is 1. The highest BCUT2D eigenvalue weighted by Crippen LogP contribution is 2.49. The predicted molar refractivity (Wildman–Crippen MR) is 63.8 cm³/mol. The fraction of sp³-hybridized carbons (Fsp3) is 0.545. The molecule has 5 nitrogen and oxygen atoms in total. The van der Waals surface area contributed by atoms with Gasteiger partial charge in [0.2, 0.25) is 10.0 Å². The van der Waals surface area contributed by atoms with Crippen molar-refractivity contribution < 1.29 is 26.4 Å². The Morgan fingerprint density at radius 1 is 1.40 bits per heavy atom. The van der Waals surface area contributed by atoms with E-state index < -0.39 is 21.7 Å².